The summed E-state index contributed by atoms with van der Waals surface area (Å²) >= 11 is 0. The van der Waals surface area contributed by atoms with Crippen LogP contribution in [0.3, 0.4) is 0 Å². The number of nitrogens with one attached hydrogen (secondary N) is 1. The number of hydrogen-bond acceptors (Lipinski definition) is 8. The van der Waals surface area contributed by atoms with Crippen molar-refractivity contribution in [1.82, 2.24) is 9.80 Å². The van der Waals surface area contributed by atoms with Crippen LogP contribution in [0.25, 0.3) is 0 Å². The molecule has 1 aromatic carbocycles. The zero-order chi connectivity index (χ0) is 20.8. The highest BCUT2D eigenvalue weighted by Gasteiger charge is 2.34. The van der Waals surface area contributed by atoms with E-state index in [9.17, 15) is 19.8 Å². The van der Waals surface area contributed by atoms with Gasteiger partial charge in [0.1, 0.15) is 5.70 Å². The number of benzene rings is 1. The van der Waals surface area contributed by atoms with Crippen LogP contribution in [0.2, 0.25) is 0 Å². The van der Waals surface area contributed by atoms with Gasteiger partial charge >= 0.3 is 5.97 Å². The summed E-state index contributed by atoms with van der Waals surface area (Å²) in [5.41, 5.74) is 1.46. The first-order chi connectivity index (χ1) is 13.3. The van der Waals surface area contributed by atoms with E-state index in [0.29, 0.717) is 11.3 Å². The Morgan fingerprint density at radius 3 is 2.43 bits per heavy atom. The van der Waals surface area contributed by atoms with E-state index in [-0.39, 0.29) is 37.6 Å². The van der Waals surface area contributed by atoms with Crippen molar-refractivity contribution in [2.24, 2.45) is 0 Å². The SMILES string of the molecule is COC(=O)C1=C(Nc2ccc(C(O)C(CO)N(C)C)cc2)C(=O)N(CCO)C1. The number of amides is 1. The fourth-order valence-electron chi connectivity index (χ4n) is 3.02. The molecule has 0 saturated heterocycles. The number of β-amino-alcohol motifs (C(OH)–C–C–N with tert-alkyl or cyclic N) is 1. The molecule has 0 bridgehead atoms. The molecule has 28 heavy (non-hydrogen) atoms. The molecular weight excluding hydrogens is 366 g/mol. The number of esters is 1. The van der Waals surface area contributed by atoms with E-state index in [4.69, 9.17) is 9.84 Å². The first kappa shape index (κ1) is 21.8. The van der Waals surface area contributed by atoms with Crippen LogP contribution in [0.15, 0.2) is 35.5 Å². The summed E-state index contributed by atoms with van der Waals surface area (Å²) in [5, 5.41) is 31.9. The Hall–Kier alpha value is -2.46. The smallest absolute Gasteiger partial charge is 0.337 e. The van der Waals surface area contributed by atoms with E-state index in [1.54, 1.807) is 43.3 Å². The maximum atomic E-state index is 12.5. The average molecular weight is 393 g/mol. The average Bonchev–Trinajstić information content (AvgIpc) is 2.98. The van der Waals surface area contributed by atoms with Gasteiger partial charge in [-0.1, -0.05) is 12.1 Å². The van der Waals surface area contributed by atoms with Crippen molar-refractivity contribution < 1.29 is 29.6 Å². The summed E-state index contributed by atoms with van der Waals surface area (Å²) in [6.07, 6.45) is -0.882. The summed E-state index contributed by atoms with van der Waals surface area (Å²) in [6.45, 7) is -0.231. The maximum Gasteiger partial charge on any atom is 0.337 e. The summed E-state index contributed by atoms with van der Waals surface area (Å²) in [5.74, 6) is -1.01. The molecule has 0 aromatic heterocycles. The van der Waals surface area contributed by atoms with E-state index < -0.39 is 24.0 Å². The zero-order valence-corrected chi connectivity index (χ0v) is 16.3. The molecule has 1 heterocycles. The third kappa shape index (κ3) is 4.68. The van der Waals surface area contributed by atoms with Gasteiger partial charge in [-0.25, -0.2) is 4.79 Å². The van der Waals surface area contributed by atoms with E-state index in [0.717, 1.165) is 0 Å². The molecule has 0 saturated carbocycles. The van der Waals surface area contributed by atoms with Crippen molar-refractivity contribution in [3.63, 3.8) is 0 Å². The van der Waals surface area contributed by atoms with E-state index in [1.807, 2.05) is 0 Å². The number of aliphatic hydroxyl groups is 3. The van der Waals surface area contributed by atoms with Crippen LogP contribution in [0.1, 0.15) is 11.7 Å². The van der Waals surface area contributed by atoms with Crippen LogP contribution in [0.4, 0.5) is 5.69 Å². The molecule has 2 unspecified atom stereocenters. The molecule has 1 aliphatic heterocycles. The Balaban J connectivity index is 2.21. The number of ether oxygens (including phenoxy) is 1. The van der Waals surface area contributed by atoms with Crippen LogP contribution >= 0.6 is 0 Å². The van der Waals surface area contributed by atoms with Crippen molar-refractivity contribution in [2.45, 2.75) is 12.1 Å². The molecule has 154 valence electrons. The fourth-order valence-corrected chi connectivity index (χ4v) is 3.02. The van der Waals surface area contributed by atoms with Gasteiger partial charge < -0.3 is 35.2 Å². The van der Waals surface area contributed by atoms with Gasteiger partial charge in [0.2, 0.25) is 0 Å². The second-order valence-electron chi connectivity index (χ2n) is 6.70. The number of likely N-dealkylation sites (N-methyl/N-ethyl adjacent to an activating group) is 1. The van der Waals surface area contributed by atoms with Gasteiger partial charge in [-0.2, -0.15) is 0 Å². The number of nitrogens with zero attached hydrogens (tertiary/aromatic N) is 2. The normalized spacial score (nSPS) is 16.5. The molecule has 1 aromatic rings. The third-order valence-corrected chi connectivity index (χ3v) is 4.69. The van der Waals surface area contributed by atoms with Crippen LogP contribution in [-0.2, 0) is 14.3 Å². The Morgan fingerprint density at radius 1 is 1.29 bits per heavy atom. The third-order valence-electron chi connectivity index (χ3n) is 4.69. The van der Waals surface area contributed by atoms with Crippen LogP contribution in [-0.4, -0.2) is 90.5 Å². The number of carbonyl (C=O) groups is 2. The van der Waals surface area contributed by atoms with Gasteiger partial charge in [-0.05, 0) is 31.8 Å². The lowest BCUT2D eigenvalue weighted by Gasteiger charge is -2.27. The maximum absolute atomic E-state index is 12.5. The molecule has 2 atom stereocenters. The van der Waals surface area contributed by atoms with Crippen molar-refractivity contribution in [3.05, 3.63) is 41.1 Å². The van der Waals surface area contributed by atoms with Gasteiger partial charge in [-0.3, -0.25) is 4.79 Å². The predicted molar refractivity (Wildman–Crippen MR) is 102 cm³/mol. The number of anilines is 1. The Bertz CT molecular complexity index is 732. The number of aliphatic hydroxyl groups excluding tert-OH is 3. The van der Waals surface area contributed by atoms with Gasteiger partial charge in [0.15, 0.2) is 0 Å². The number of methoxy groups -OCH3 is 1. The molecule has 0 spiro atoms. The molecule has 0 aliphatic carbocycles. The standard InChI is InChI=1S/C19H27N3O6/c1-21(2)15(11-24)17(25)12-4-6-13(7-5-12)20-16-14(19(27)28-3)10-22(8-9-23)18(16)26/h4-7,15,17,20,23-25H,8-11H2,1-3H3. The van der Waals surface area contributed by atoms with Gasteiger partial charge in [0.25, 0.3) is 5.91 Å². The zero-order valence-electron chi connectivity index (χ0n) is 16.3. The lowest BCUT2D eigenvalue weighted by Crippen LogP contribution is -2.37. The molecular formula is C19H27N3O6. The molecule has 0 radical (unpaired) electrons. The predicted octanol–water partition coefficient (Wildman–Crippen LogP) is -0.684. The van der Waals surface area contributed by atoms with Crippen molar-refractivity contribution in [3.8, 4) is 0 Å². The minimum absolute atomic E-state index is 0.0617. The first-order valence-electron chi connectivity index (χ1n) is 8.88. The van der Waals surface area contributed by atoms with Gasteiger partial charge in [0.05, 0.1) is 44.6 Å². The molecule has 4 N–H and O–H groups in total. The molecule has 0 fully saturated rings. The second kappa shape index (κ2) is 9.65. The Morgan fingerprint density at radius 2 is 1.93 bits per heavy atom. The fraction of sp³-hybridized carbons (Fsp3) is 0.474. The van der Waals surface area contributed by atoms with Crippen molar-refractivity contribution in [2.75, 3.05) is 52.8 Å². The summed E-state index contributed by atoms with van der Waals surface area (Å²) in [7, 11) is 4.78. The molecule has 1 amide bonds. The van der Waals surface area contributed by atoms with E-state index in [2.05, 4.69) is 5.32 Å². The minimum atomic E-state index is -0.882. The van der Waals surface area contributed by atoms with E-state index >= 15 is 0 Å². The summed E-state index contributed by atoms with van der Waals surface area (Å²) < 4.78 is 4.75. The molecule has 9 nitrogen and oxygen atoms in total. The van der Waals surface area contributed by atoms with Crippen LogP contribution < -0.4 is 5.32 Å². The largest absolute Gasteiger partial charge is 0.466 e. The molecule has 1 aliphatic rings. The summed E-state index contributed by atoms with van der Waals surface area (Å²) in [4.78, 5) is 27.6. The lowest BCUT2D eigenvalue weighted by molar-refractivity contribution is -0.136. The quantitative estimate of drug-likeness (QED) is 0.407. The van der Waals surface area contributed by atoms with Crippen LogP contribution in [0, 0.1) is 0 Å². The lowest BCUT2D eigenvalue weighted by atomic mass is 10.0. The van der Waals surface area contributed by atoms with E-state index in [1.165, 1.54) is 12.0 Å². The monoisotopic (exact) mass is 393 g/mol. The second-order valence-corrected chi connectivity index (χ2v) is 6.70. The highest BCUT2D eigenvalue weighted by atomic mass is 16.5. The topological polar surface area (TPSA) is 123 Å². The van der Waals surface area contributed by atoms with Gasteiger partial charge in [0, 0.05) is 12.2 Å². The highest BCUT2D eigenvalue weighted by Crippen LogP contribution is 2.25. The minimum Gasteiger partial charge on any atom is -0.466 e. The van der Waals surface area contributed by atoms with Crippen molar-refractivity contribution in [1.29, 1.82) is 0 Å². The number of hydrogen-bond donors (Lipinski definition) is 4. The Kier molecular flexibility index (Phi) is 7.53. The van der Waals surface area contributed by atoms with Crippen LogP contribution in [0.5, 0.6) is 0 Å². The molecule has 2 rings (SSSR count). The Labute approximate surface area is 163 Å². The van der Waals surface area contributed by atoms with Gasteiger partial charge in [-0.15, -0.1) is 0 Å². The summed E-state index contributed by atoms with van der Waals surface area (Å²) in [6, 6.07) is 6.26. The number of carbonyl (C=O) groups excluding carboxylic acids is 2. The first-order valence-corrected chi connectivity index (χ1v) is 8.88. The number of rotatable bonds is 9. The molecule has 9 heteroatoms. The van der Waals surface area contributed by atoms with Crippen molar-refractivity contribution >= 4 is 17.6 Å². The highest BCUT2D eigenvalue weighted by molar-refractivity contribution is 6.08.